The number of amides is 2. The zero-order valence-corrected chi connectivity index (χ0v) is 14.2. The lowest BCUT2D eigenvalue weighted by atomic mass is 10.1. The zero-order valence-electron chi connectivity index (χ0n) is 14.2. The highest BCUT2D eigenvalue weighted by Crippen LogP contribution is 2.15. The Hall–Kier alpha value is -2.82. The van der Waals surface area contributed by atoms with E-state index >= 15 is 0 Å². The lowest BCUT2D eigenvalue weighted by Gasteiger charge is -2.10. The van der Waals surface area contributed by atoms with Crippen LogP contribution in [0.4, 0.5) is 5.69 Å². The van der Waals surface area contributed by atoms with Crippen LogP contribution in [0.25, 0.3) is 0 Å². The third-order valence-electron chi connectivity index (χ3n) is 3.51. The van der Waals surface area contributed by atoms with Gasteiger partial charge in [-0.15, -0.1) is 0 Å². The van der Waals surface area contributed by atoms with Gasteiger partial charge in [-0.1, -0.05) is 35.4 Å². The number of carbonyl (C=O) groups is 2. The molecule has 0 radical (unpaired) electrons. The molecule has 0 spiro atoms. The van der Waals surface area contributed by atoms with Crippen LogP contribution < -0.4 is 15.4 Å². The number of hydrogen-bond donors (Lipinski definition) is 2. The van der Waals surface area contributed by atoms with Gasteiger partial charge in [0.15, 0.2) is 0 Å². The Bertz CT molecular complexity index is 724. The van der Waals surface area contributed by atoms with Crippen molar-refractivity contribution in [3.8, 4) is 5.75 Å². The number of carbonyl (C=O) groups excluding carboxylic acids is 2. The largest absolute Gasteiger partial charge is 0.492 e. The maximum absolute atomic E-state index is 11.9. The number of aryl methyl sites for hydroxylation is 3. The molecule has 0 aromatic heterocycles. The second kappa shape index (κ2) is 8.15. The number of nitrogens with one attached hydrogen (secondary N) is 2. The summed E-state index contributed by atoms with van der Waals surface area (Å²) in [6.07, 6.45) is 0. The van der Waals surface area contributed by atoms with E-state index in [9.17, 15) is 9.59 Å². The third kappa shape index (κ3) is 5.12. The zero-order chi connectivity index (χ0) is 17.5. The molecular formula is C19H22N2O3. The summed E-state index contributed by atoms with van der Waals surface area (Å²) in [5, 5.41) is 5.15. The summed E-state index contributed by atoms with van der Waals surface area (Å²) >= 11 is 0. The molecule has 0 atom stereocenters. The number of hydrogen-bond acceptors (Lipinski definition) is 3. The van der Waals surface area contributed by atoms with E-state index in [1.165, 1.54) is 0 Å². The van der Waals surface area contributed by atoms with Crippen molar-refractivity contribution in [2.45, 2.75) is 20.8 Å². The molecule has 2 rings (SSSR count). The van der Waals surface area contributed by atoms with Gasteiger partial charge in [0.25, 0.3) is 0 Å². The van der Waals surface area contributed by atoms with Gasteiger partial charge in [-0.05, 0) is 44.5 Å². The van der Waals surface area contributed by atoms with Gasteiger partial charge >= 0.3 is 11.8 Å². The molecule has 0 aliphatic rings. The highest BCUT2D eigenvalue weighted by atomic mass is 16.5. The molecule has 2 N–H and O–H groups in total. The van der Waals surface area contributed by atoms with Crippen molar-refractivity contribution in [2.75, 3.05) is 18.5 Å². The first kappa shape index (κ1) is 17.5. The van der Waals surface area contributed by atoms with Crippen LogP contribution in [0.3, 0.4) is 0 Å². The SMILES string of the molecule is Cc1ccc(OCCNC(=O)C(=O)Nc2ccc(C)cc2C)cc1. The van der Waals surface area contributed by atoms with Gasteiger partial charge in [0.2, 0.25) is 0 Å². The Labute approximate surface area is 142 Å². The first-order valence-corrected chi connectivity index (χ1v) is 7.81. The molecule has 2 amide bonds. The van der Waals surface area contributed by atoms with Gasteiger partial charge in [0.05, 0.1) is 6.54 Å². The van der Waals surface area contributed by atoms with Crippen molar-refractivity contribution in [1.82, 2.24) is 5.32 Å². The molecule has 0 saturated carbocycles. The van der Waals surface area contributed by atoms with E-state index in [1.807, 2.05) is 57.2 Å². The van der Waals surface area contributed by atoms with Gasteiger partial charge in [-0.3, -0.25) is 9.59 Å². The van der Waals surface area contributed by atoms with Crippen molar-refractivity contribution in [1.29, 1.82) is 0 Å². The molecule has 126 valence electrons. The number of ether oxygens (including phenoxy) is 1. The fourth-order valence-corrected chi connectivity index (χ4v) is 2.18. The summed E-state index contributed by atoms with van der Waals surface area (Å²) in [6, 6.07) is 13.2. The van der Waals surface area contributed by atoms with Crippen LogP contribution in [0, 0.1) is 20.8 Å². The van der Waals surface area contributed by atoms with Gasteiger partial charge in [0.1, 0.15) is 12.4 Å². The van der Waals surface area contributed by atoms with Crippen LogP contribution in [0.15, 0.2) is 42.5 Å². The minimum Gasteiger partial charge on any atom is -0.492 e. The lowest BCUT2D eigenvalue weighted by molar-refractivity contribution is -0.136. The van der Waals surface area contributed by atoms with Crippen LogP contribution in [0.1, 0.15) is 16.7 Å². The van der Waals surface area contributed by atoms with E-state index in [1.54, 1.807) is 6.07 Å². The predicted molar refractivity (Wildman–Crippen MR) is 94.2 cm³/mol. The van der Waals surface area contributed by atoms with Crippen molar-refractivity contribution < 1.29 is 14.3 Å². The molecule has 0 saturated heterocycles. The normalized spacial score (nSPS) is 10.1. The number of benzene rings is 2. The number of anilines is 1. The van der Waals surface area contributed by atoms with E-state index in [-0.39, 0.29) is 6.54 Å². The molecule has 0 heterocycles. The van der Waals surface area contributed by atoms with Crippen LogP contribution >= 0.6 is 0 Å². The van der Waals surface area contributed by atoms with E-state index in [4.69, 9.17) is 4.74 Å². The Balaban J connectivity index is 1.75. The second-order valence-electron chi connectivity index (χ2n) is 5.69. The molecule has 2 aromatic rings. The highest BCUT2D eigenvalue weighted by Gasteiger charge is 2.14. The van der Waals surface area contributed by atoms with Crippen molar-refractivity contribution in [2.24, 2.45) is 0 Å². The molecule has 0 fully saturated rings. The van der Waals surface area contributed by atoms with Crippen LogP contribution in [0.2, 0.25) is 0 Å². The van der Waals surface area contributed by atoms with E-state index in [0.717, 1.165) is 22.4 Å². The Morgan fingerprint density at radius 2 is 1.58 bits per heavy atom. The van der Waals surface area contributed by atoms with Crippen molar-refractivity contribution >= 4 is 17.5 Å². The molecule has 0 aliphatic heterocycles. The van der Waals surface area contributed by atoms with Crippen molar-refractivity contribution in [3.63, 3.8) is 0 Å². The first-order chi connectivity index (χ1) is 11.5. The van der Waals surface area contributed by atoms with E-state index in [2.05, 4.69) is 10.6 Å². The Morgan fingerprint density at radius 1 is 0.917 bits per heavy atom. The summed E-state index contributed by atoms with van der Waals surface area (Å²) in [5.74, 6) is -0.630. The highest BCUT2D eigenvalue weighted by molar-refractivity contribution is 6.39. The standard InChI is InChI=1S/C19H22N2O3/c1-13-4-7-16(8-5-13)24-11-10-20-18(22)19(23)21-17-9-6-14(2)12-15(17)3/h4-9,12H,10-11H2,1-3H3,(H,20,22)(H,21,23). The van der Waals surface area contributed by atoms with E-state index < -0.39 is 11.8 Å². The first-order valence-electron chi connectivity index (χ1n) is 7.81. The van der Waals surface area contributed by atoms with Gasteiger partial charge in [-0.25, -0.2) is 0 Å². The summed E-state index contributed by atoms with van der Waals surface area (Å²) in [6.45, 7) is 6.41. The van der Waals surface area contributed by atoms with Crippen molar-refractivity contribution in [3.05, 3.63) is 59.2 Å². The maximum Gasteiger partial charge on any atom is 0.313 e. The smallest absolute Gasteiger partial charge is 0.313 e. The summed E-state index contributed by atoms with van der Waals surface area (Å²) in [7, 11) is 0. The minimum atomic E-state index is -0.683. The molecule has 24 heavy (non-hydrogen) atoms. The summed E-state index contributed by atoms with van der Waals surface area (Å²) < 4.78 is 5.50. The van der Waals surface area contributed by atoms with Crippen LogP contribution in [-0.4, -0.2) is 25.0 Å². The molecule has 2 aromatic carbocycles. The van der Waals surface area contributed by atoms with E-state index in [0.29, 0.717) is 12.3 Å². The second-order valence-corrected chi connectivity index (χ2v) is 5.69. The topological polar surface area (TPSA) is 67.4 Å². The van der Waals surface area contributed by atoms with Gasteiger partial charge in [0, 0.05) is 5.69 Å². The molecule has 0 unspecified atom stereocenters. The van der Waals surface area contributed by atoms with Crippen LogP contribution in [0.5, 0.6) is 5.75 Å². The third-order valence-corrected chi connectivity index (χ3v) is 3.51. The van der Waals surface area contributed by atoms with Gasteiger partial charge in [-0.2, -0.15) is 0 Å². The monoisotopic (exact) mass is 326 g/mol. The molecular weight excluding hydrogens is 304 g/mol. The molecule has 0 aliphatic carbocycles. The quantitative estimate of drug-likeness (QED) is 0.656. The Morgan fingerprint density at radius 3 is 2.25 bits per heavy atom. The average Bonchev–Trinajstić information content (AvgIpc) is 2.55. The maximum atomic E-state index is 11.9. The van der Waals surface area contributed by atoms with Gasteiger partial charge < -0.3 is 15.4 Å². The fraction of sp³-hybridized carbons (Fsp3) is 0.263. The predicted octanol–water partition coefficient (Wildman–Crippen LogP) is 2.75. The molecule has 5 nitrogen and oxygen atoms in total. The Kier molecular flexibility index (Phi) is 5.95. The minimum absolute atomic E-state index is 0.257. The number of rotatable bonds is 5. The summed E-state index contributed by atoms with van der Waals surface area (Å²) in [5.41, 5.74) is 3.80. The summed E-state index contributed by atoms with van der Waals surface area (Å²) in [4.78, 5) is 23.7. The lowest BCUT2D eigenvalue weighted by Crippen LogP contribution is -2.37. The molecule has 5 heteroatoms. The fourth-order valence-electron chi connectivity index (χ4n) is 2.18. The molecule has 0 bridgehead atoms. The average molecular weight is 326 g/mol. The van der Waals surface area contributed by atoms with Crippen LogP contribution in [-0.2, 0) is 9.59 Å².